The minimum Gasteiger partial charge on any atom is -0.378 e. The summed E-state index contributed by atoms with van der Waals surface area (Å²) in [6.45, 7) is 7.42. The van der Waals surface area contributed by atoms with E-state index in [0.717, 1.165) is 32.1 Å². The number of ether oxygens (including phenoxy) is 2. The van der Waals surface area contributed by atoms with Crippen molar-refractivity contribution in [2.45, 2.75) is 13.0 Å². The maximum atomic E-state index is 6.17. The molecule has 3 heterocycles. The van der Waals surface area contributed by atoms with Gasteiger partial charge in [0.15, 0.2) is 0 Å². The van der Waals surface area contributed by atoms with Gasteiger partial charge >= 0.3 is 0 Å². The molecule has 3 rings (SSSR count). The van der Waals surface area contributed by atoms with Crippen molar-refractivity contribution in [3.05, 3.63) is 11.2 Å². The van der Waals surface area contributed by atoms with E-state index in [9.17, 15) is 0 Å². The molecule has 7 heteroatoms. The molecule has 6 nitrogen and oxygen atoms in total. The zero-order valence-corrected chi connectivity index (χ0v) is 12.3. The van der Waals surface area contributed by atoms with E-state index < -0.39 is 0 Å². The van der Waals surface area contributed by atoms with Crippen molar-refractivity contribution in [3.8, 4) is 0 Å². The molecular formula is C13H19ClN4O2. The lowest BCUT2D eigenvalue weighted by atomic mass is 10.2. The van der Waals surface area contributed by atoms with Gasteiger partial charge < -0.3 is 19.3 Å². The second-order valence-electron chi connectivity index (χ2n) is 5.07. The molecule has 20 heavy (non-hydrogen) atoms. The molecule has 2 aliphatic heterocycles. The first-order chi connectivity index (χ1) is 9.74. The summed E-state index contributed by atoms with van der Waals surface area (Å²) in [5.74, 6) is 1.57. The van der Waals surface area contributed by atoms with Crippen LogP contribution in [0.1, 0.15) is 6.92 Å². The first kappa shape index (κ1) is 13.9. The van der Waals surface area contributed by atoms with E-state index in [1.165, 1.54) is 0 Å². The van der Waals surface area contributed by atoms with Crippen molar-refractivity contribution < 1.29 is 9.47 Å². The number of aromatic nitrogens is 2. The van der Waals surface area contributed by atoms with Gasteiger partial charge in [0.2, 0.25) is 5.95 Å². The molecule has 1 atom stereocenters. The summed E-state index contributed by atoms with van der Waals surface area (Å²) < 4.78 is 10.8. The van der Waals surface area contributed by atoms with Crippen LogP contribution in [-0.4, -0.2) is 62.1 Å². The number of rotatable bonds is 2. The Bertz CT molecular complexity index is 468. The Labute approximate surface area is 123 Å². The van der Waals surface area contributed by atoms with Crippen LogP contribution in [-0.2, 0) is 9.47 Å². The SMILES string of the molecule is CC1COCCN1c1cc(Cl)nc(N2CCOCC2)n1. The van der Waals surface area contributed by atoms with Crippen LogP contribution in [0.5, 0.6) is 0 Å². The Balaban J connectivity index is 1.85. The number of morpholine rings is 2. The van der Waals surface area contributed by atoms with Gasteiger partial charge in [-0.3, -0.25) is 0 Å². The average molecular weight is 299 g/mol. The number of anilines is 2. The lowest BCUT2D eigenvalue weighted by Crippen LogP contribution is -2.44. The first-order valence-corrected chi connectivity index (χ1v) is 7.33. The maximum Gasteiger partial charge on any atom is 0.228 e. The van der Waals surface area contributed by atoms with E-state index in [1.54, 1.807) is 0 Å². The van der Waals surface area contributed by atoms with Crippen molar-refractivity contribution in [3.63, 3.8) is 0 Å². The highest BCUT2D eigenvalue weighted by molar-refractivity contribution is 6.29. The number of hydrogen-bond acceptors (Lipinski definition) is 6. The molecule has 2 aliphatic rings. The first-order valence-electron chi connectivity index (χ1n) is 6.96. The van der Waals surface area contributed by atoms with E-state index in [4.69, 9.17) is 21.1 Å². The van der Waals surface area contributed by atoms with Crippen LogP contribution in [0, 0.1) is 0 Å². The molecule has 0 saturated carbocycles. The third-order valence-electron chi connectivity index (χ3n) is 3.63. The summed E-state index contributed by atoms with van der Waals surface area (Å²) in [4.78, 5) is 13.4. The summed E-state index contributed by atoms with van der Waals surface area (Å²) in [6, 6.07) is 2.13. The molecule has 0 amide bonds. The smallest absolute Gasteiger partial charge is 0.228 e. The van der Waals surface area contributed by atoms with Gasteiger partial charge in [0, 0.05) is 25.7 Å². The number of nitrogens with zero attached hydrogens (tertiary/aromatic N) is 4. The van der Waals surface area contributed by atoms with Gasteiger partial charge in [0.25, 0.3) is 0 Å². The van der Waals surface area contributed by atoms with Crippen LogP contribution in [0.2, 0.25) is 5.15 Å². The van der Waals surface area contributed by atoms with Gasteiger partial charge in [-0.15, -0.1) is 0 Å². The van der Waals surface area contributed by atoms with E-state index in [1.807, 2.05) is 6.07 Å². The Morgan fingerprint density at radius 2 is 1.90 bits per heavy atom. The molecular weight excluding hydrogens is 280 g/mol. The van der Waals surface area contributed by atoms with Crippen molar-refractivity contribution in [1.82, 2.24) is 9.97 Å². The molecule has 1 aromatic heterocycles. The minimum atomic E-state index is 0.298. The monoisotopic (exact) mass is 298 g/mol. The fourth-order valence-corrected chi connectivity index (χ4v) is 2.69. The molecule has 0 aliphatic carbocycles. The third-order valence-corrected chi connectivity index (χ3v) is 3.82. The number of halogens is 1. The van der Waals surface area contributed by atoms with Crippen molar-refractivity contribution in [2.24, 2.45) is 0 Å². The van der Waals surface area contributed by atoms with Crippen molar-refractivity contribution in [2.75, 3.05) is 55.9 Å². The quantitative estimate of drug-likeness (QED) is 0.765. The van der Waals surface area contributed by atoms with Gasteiger partial charge in [0.1, 0.15) is 11.0 Å². The van der Waals surface area contributed by atoms with Crippen molar-refractivity contribution >= 4 is 23.4 Å². The zero-order valence-electron chi connectivity index (χ0n) is 11.6. The molecule has 2 saturated heterocycles. The molecule has 0 aromatic carbocycles. The Morgan fingerprint density at radius 1 is 1.15 bits per heavy atom. The second-order valence-corrected chi connectivity index (χ2v) is 5.45. The highest BCUT2D eigenvalue weighted by atomic mass is 35.5. The van der Waals surface area contributed by atoms with Gasteiger partial charge in [-0.1, -0.05) is 11.6 Å². The van der Waals surface area contributed by atoms with E-state index in [2.05, 4.69) is 26.7 Å². The molecule has 110 valence electrons. The predicted octanol–water partition coefficient (Wildman–Crippen LogP) is 1.19. The lowest BCUT2D eigenvalue weighted by molar-refractivity contribution is 0.0985. The van der Waals surface area contributed by atoms with Crippen molar-refractivity contribution in [1.29, 1.82) is 0 Å². The summed E-state index contributed by atoms with van der Waals surface area (Å²) in [5, 5.41) is 0.482. The average Bonchev–Trinajstić information content (AvgIpc) is 2.48. The third kappa shape index (κ3) is 2.97. The van der Waals surface area contributed by atoms with Crippen LogP contribution in [0.3, 0.4) is 0 Å². The Hall–Kier alpha value is -1.11. The highest BCUT2D eigenvalue weighted by Gasteiger charge is 2.23. The topological polar surface area (TPSA) is 50.7 Å². The summed E-state index contributed by atoms with van der Waals surface area (Å²) in [7, 11) is 0. The molecule has 0 bridgehead atoms. The van der Waals surface area contributed by atoms with E-state index >= 15 is 0 Å². The van der Waals surface area contributed by atoms with Crippen LogP contribution in [0.15, 0.2) is 6.07 Å². The van der Waals surface area contributed by atoms with E-state index in [0.29, 0.717) is 37.0 Å². The van der Waals surface area contributed by atoms with Crippen LogP contribution >= 0.6 is 11.6 Å². The fraction of sp³-hybridized carbons (Fsp3) is 0.692. The maximum absolute atomic E-state index is 6.17. The Morgan fingerprint density at radius 3 is 2.65 bits per heavy atom. The normalized spacial score (nSPS) is 24.0. The molecule has 0 spiro atoms. The fourth-order valence-electron chi connectivity index (χ4n) is 2.51. The Kier molecular flexibility index (Phi) is 4.24. The largest absolute Gasteiger partial charge is 0.378 e. The molecule has 0 radical (unpaired) electrons. The van der Waals surface area contributed by atoms with Crippen LogP contribution in [0.25, 0.3) is 0 Å². The van der Waals surface area contributed by atoms with E-state index in [-0.39, 0.29) is 0 Å². The summed E-state index contributed by atoms with van der Waals surface area (Å²) in [5.41, 5.74) is 0. The molecule has 2 fully saturated rings. The molecule has 0 N–H and O–H groups in total. The van der Waals surface area contributed by atoms with Gasteiger partial charge in [-0.2, -0.15) is 4.98 Å². The molecule has 1 unspecified atom stereocenters. The summed E-state index contributed by atoms with van der Waals surface area (Å²) in [6.07, 6.45) is 0. The molecule has 1 aromatic rings. The highest BCUT2D eigenvalue weighted by Crippen LogP contribution is 2.23. The lowest BCUT2D eigenvalue weighted by Gasteiger charge is -2.35. The summed E-state index contributed by atoms with van der Waals surface area (Å²) >= 11 is 6.17. The van der Waals surface area contributed by atoms with Gasteiger partial charge in [0.05, 0.1) is 32.5 Å². The van der Waals surface area contributed by atoms with Gasteiger partial charge in [-0.25, -0.2) is 4.98 Å². The van der Waals surface area contributed by atoms with Gasteiger partial charge in [-0.05, 0) is 6.92 Å². The standard InChI is InChI=1S/C13H19ClN4O2/c1-10-9-20-7-4-18(10)12-8-11(14)15-13(16-12)17-2-5-19-6-3-17/h8,10H,2-7,9H2,1H3. The van der Waals surface area contributed by atoms with Crippen LogP contribution in [0.4, 0.5) is 11.8 Å². The minimum absolute atomic E-state index is 0.298. The second kappa shape index (κ2) is 6.11. The number of hydrogen-bond donors (Lipinski definition) is 0. The zero-order chi connectivity index (χ0) is 13.9. The predicted molar refractivity (Wildman–Crippen MR) is 77.7 cm³/mol. The van der Waals surface area contributed by atoms with Crippen LogP contribution < -0.4 is 9.80 Å².